The average molecular weight is 501 g/mol. The van der Waals surface area contributed by atoms with Gasteiger partial charge in [-0.05, 0) is 19.1 Å². The van der Waals surface area contributed by atoms with Gasteiger partial charge in [-0.1, -0.05) is 0 Å². The first-order chi connectivity index (χ1) is 16.2. The lowest BCUT2D eigenvalue weighted by molar-refractivity contribution is 0.0561. The largest absolute Gasteiger partial charge is 0.467 e. The topological polar surface area (TPSA) is 100 Å². The van der Waals surface area contributed by atoms with Crippen LogP contribution in [-0.4, -0.2) is 75.3 Å². The minimum absolute atomic E-state index is 0.0558. The predicted octanol–water partition coefficient (Wildman–Crippen LogP) is 2.41. The van der Waals surface area contributed by atoms with Crippen molar-refractivity contribution in [2.45, 2.75) is 18.4 Å². The monoisotopic (exact) mass is 501 g/mol. The van der Waals surface area contributed by atoms with E-state index in [2.05, 4.69) is 0 Å². The van der Waals surface area contributed by atoms with Crippen molar-refractivity contribution in [1.29, 1.82) is 0 Å². The zero-order valence-corrected chi connectivity index (χ0v) is 19.0. The molecule has 0 radical (unpaired) electrons. The van der Waals surface area contributed by atoms with Gasteiger partial charge >= 0.3 is 6.09 Å². The summed E-state index contributed by atoms with van der Waals surface area (Å²) >= 11 is 0. The number of halogens is 3. The maximum Gasteiger partial charge on any atom is 0.409 e. The van der Waals surface area contributed by atoms with E-state index < -0.39 is 61.2 Å². The summed E-state index contributed by atoms with van der Waals surface area (Å²) in [5.74, 6) is -6.47. The van der Waals surface area contributed by atoms with E-state index in [0.29, 0.717) is 5.76 Å². The van der Waals surface area contributed by atoms with Gasteiger partial charge in [-0.15, -0.1) is 0 Å². The van der Waals surface area contributed by atoms with Gasteiger partial charge in [0.05, 0.1) is 30.9 Å². The van der Waals surface area contributed by atoms with Gasteiger partial charge < -0.3 is 23.9 Å². The molecule has 2 aliphatic rings. The molecule has 1 saturated heterocycles. The summed E-state index contributed by atoms with van der Waals surface area (Å²) in [7, 11) is -4.33. The molecule has 34 heavy (non-hydrogen) atoms. The Morgan fingerprint density at radius 1 is 1.03 bits per heavy atom. The number of anilines is 1. The third-order valence-electron chi connectivity index (χ3n) is 5.74. The molecule has 0 unspecified atom stereocenters. The van der Waals surface area contributed by atoms with Crippen LogP contribution < -0.4 is 4.90 Å². The Morgan fingerprint density at radius 2 is 1.71 bits per heavy atom. The first-order valence-corrected chi connectivity index (χ1v) is 12.2. The van der Waals surface area contributed by atoms with Gasteiger partial charge in [0.15, 0.2) is 27.3 Å². The molecule has 0 N–H and O–H groups in total. The number of carbonyl (C=O) groups is 2. The molecular formula is C21H22F3N3O6S. The van der Waals surface area contributed by atoms with Crippen LogP contribution in [0.25, 0.3) is 0 Å². The molecule has 0 saturated carbocycles. The summed E-state index contributed by atoms with van der Waals surface area (Å²) in [5, 5.41) is 0. The lowest BCUT2D eigenvalue weighted by Crippen LogP contribution is -2.51. The predicted molar refractivity (Wildman–Crippen MR) is 113 cm³/mol. The summed E-state index contributed by atoms with van der Waals surface area (Å²) in [4.78, 5) is 27.4. The number of hydrogen-bond acceptors (Lipinski definition) is 7. The fourth-order valence-corrected chi connectivity index (χ4v) is 5.58. The van der Waals surface area contributed by atoms with Crippen molar-refractivity contribution >= 4 is 27.5 Å². The SMILES string of the molecule is CCOC(=O)N1CCN(C(=O)c2c(F)c(F)c3c(c2F)N(Cc2ccco2)CCS3(=O)=O)CC1. The molecule has 0 atom stereocenters. The number of hydrogen-bond donors (Lipinski definition) is 0. The summed E-state index contributed by atoms with van der Waals surface area (Å²) in [6, 6.07) is 3.14. The third kappa shape index (κ3) is 4.19. The summed E-state index contributed by atoms with van der Waals surface area (Å²) < 4.78 is 80.8. The Balaban J connectivity index is 1.70. The molecule has 184 valence electrons. The van der Waals surface area contributed by atoms with Crippen LogP contribution in [0.1, 0.15) is 23.0 Å². The number of carbonyl (C=O) groups excluding carboxylic acids is 2. The highest BCUT2D eigenvalue weighted by Gasteiger charge is 2.41. The number of fused-ring (bicyclic) bond motifs is 1. The van der Waals surface area contributed by atoms with Crippen molar-refractivity contribution in [3.8, 4) is 0 Å². The van der Waals surface area contributed by atoms with Crippen LogP contribution >= 0.6 is 0 Å². The Kier molecular flexibility index (Phi) is 6.47. The van der Waals surface area contributed by atoms with Crippen molar-refractivity contribution < 1.29 is 40.3 Å². The molecule has 13 heteroatoms. The molecule has 1 fully saturated rings. The number of amides is 2. The van der Waals surface area contributed by atoms with E-state index in [1.807, 2.05) is 0 Å². The Bertz CT molecular complexity index is 1210. The standard InChI is InChI=1S/C21H22F3N3O6S/c1-2-32-21(29)26-7-5-25(6-8-26)20(28)14-15(22)17(24)19-18(16(14)23)27(9-11-34(19,30)31)12-13-4-3-10-33-13/h3-4,10H,2,5-9,11-12H2,1H3. The lowest BCUT2D eigenvalue weighted by atomic mass is 10.1. The van der Waals surface area contributed by atoms with Gasteiger partial charge in [-0.2, -0.15) is 0 Å². The quantitative estimate of drug-likeness (QED) is 0.593. The molecule has 1 aromatic carbocycles. The molecule has 0 bridgehead atoms. The normalized spacial score (nSPS) is 17.5. The van der Waals surface area contributed by atoms with Gasteiger partial charge in [-0.25, -0.2) is 26.4 Å². The number of nitrogens with zero attached hydrogens (tertiary/aromatic N) is 3. The third-order valence-corrected chi connectivity index (χ3v) is 7.46. The summed E-state index contributed by atoms with van der Waals surface area (Å²) in [5.41, 5.74) is -1.88. The molecule has 0 spiro atoms. The first-order valence-electron chi connectivity index (χ1n) is 10.6. The smallest absolute Gasteiger partial charge is 0.409 e. The van der Waals surface area contributed by atoms with Crippen LogP contribution in [0.5, 0.6) is 0 Å². The van der Waals surface area contributed by atoms with Crippen LogP contribution in [0.3, 0.4) is 0 Å². The second kappa shape index (κ2) is 9.20. The molecular weight excluding hydrogens is 479 g/mol. The Labute approximate surface area is 193 Å². The highest BCUT2D eigenvalue weighted by Crippen LogP contribution is 2.40. The van der Waals surface area contributed by atoms with Crippen molar-refractivity contribution in [3.05, 3.63) is 47.2 Å². The van der Waals surface area contributed by atoms with E-state index >= 15 is 8.78 Å². The van der Waals surface area contributed by atoms with E-state index in [9.17, 15) is 22.4 Å². The van der Waals surface area contributed by atoms with Crippen molar-refractivity contribution in [2.24, 2.45) is 0 Å². The molecule has 4 rings (SSSR count). The molecule has 0 aliphatic carbocycles. The average Bonchev–Trinajstić information content (AvgIpc) is 3.32. The molecule has 3 heterocycles. The minimum Gasteiger partial charge on any atom is -0.467 e. The zero-order chi connectivity index (χ0) is 24.6. The molecule has 2 amide bonds. The maximum atomic E-state index is 15.7. The van der Waals surface area contributed by atoms with Crippen LogP contribution in [0.2, 0.25) is 0 Å². The minimum atomic E-state index is -4.33. The van der Waals surface area contributed by atoms with Crippen LogP contribution in [0.15, 0.2) is 27.7 Å². The van der Waals surface area contributed by atoms with Gasteiger partial charge in [0.25, 0.3) is 5.91 Å². The van der Waals surface area contributed by atoms with Crippen molar-refractivity contribution in [1.82, 2.24) is 9.80 Å². The van der Waals surface area contributed by atoms with Crippen LogP contribution in [-0.2, 0) is 21.1 Å². The summed E-state index contributed by atoms with van der Waals surface area (Å²) in [6.07, 6.45) is 0.786. The highest BCUT2D eigenvalue weighted by atomic mass is 32.2. The fraction of sp³-hybridized carbons (Fsp3) is 0.429. The maximum absolute atomic E-state index is 15.7. The molecule has 9 nitrogen and oxygen atoms in total. The Hall–Kier alpha value is -3.22. The number of benzene rings is 1. The van der Waals surface area contributed by atoms with Crippen molar-refractivity contribution in [3.63, 3.8) is 0 Å². The van der Waals surface area contributed by atoms with Crippen molar-refractivity contribution in [2.75, 3.05) is 50.0 Å². The van der Waals surface area contributed by atoms with Gasteiger partial charge in [0.1, 0.15) is 16.2 Å². The van der Waals surface area contributed by atoms with E-state index in [0.717, 1.165) is 4.90 Å². The second-order valence-corrected chi connectivity index (χ2v) is 9.84. The van der Waals surface area contributed by atoms with E-state index in [1.54, 1.807) is 19.1 Å². The van der Waals surface area contributed by atoms with Crippen LogP contribution in [0.4, 0.5) is 23.7 Å². The first kappa shape index (κ1) is 23.9. The van der Waals surface area contributed by atoms with Crippen LogP contribution in [0, 0.1) is 17.5 Å². The zero-order valence-electron chi connectivity index (χ0n) is 18.2. The van der Waals surface area contributed by atoms with E-state index in [4.69, 9.17) is 9.15 Å². The number of rotatable bonds is 4. The van der Waals surface area contributed by atoms with Gasteiger partial charge in [0, 0.05) is 32.7 Å². The van der Waals surface area contributed by atoms with Gasteiger partial charge in [-0.3, -0.25) is 4.79 Å². The fourth-order valence-electron chi connectivity index (χ4n) is 4.04. The van der Waals surface area contributed by atoms with E-state index in [-0.39, 0.29) is 45.9 Å². The van der Waals surface area contributed by atoms with E-state index in [1.165, 1.54) is 16.1 Å². The number of furan rings is 1. The van der Waals surface area contributed by atoms with Gasteiger partial charge in [0.2, 0.25) is 0 Å². The number of sulfone groups is 1. The molecule has 1 aromatic heterocycles. The lowest BCUT2D eigenvalue weighted by Gasteiger charge is -2.35. The molecule has 2 aromatic rings. The number of ether oxygens (including phenoxy) is 1. The molecule has 2 aliphatic heterocycles. The summed E-state index contributed by atoms with van der Waals surface area (Å²) in [6.45, 7) is 1.48. The second-order valence-electron chi connectivity index (χ2n) is 7.79. The highest BCUT2D eigenvalue weighted by molar-refractivity contribution is 7.91. The Morgan fingerprint density at radius 3 is 2.32 bits per heavy atom. The number of piperazine rings is 1.